The fourth-order valence-electron chi connectivity index (χ4n) is 1.08. The van der Waals surface area contributed by atoms with Crippen LogP contribution in [0.2, 0.25) is 0 Å². The average molecular weight is 218 g/mol. The van der Waals surface area contributed by atoms with Gasteiger partial charge in [0, 0.05) is 0 Å². The molecule has 0 aliphatic rings. The zero-order valence-electron chi connectivity index (χ0n) is 7.39. The Balaban J connectivity index is 2.78. The molecule has 0 bridgehead atoms. The summed E-state index contributed by atoms with van der Waals surface area (Å²) in [5.74, 6) is -0.0265. The third kappa shape index (κ3) is 3.08. The Bertz CT molecular complexity index is 351. The van der Waals surface area contributed by atoms with E-state index in [0.29, 0.717) is 11.1 Å². The minimum Gasteiger partial charge on any atom is -0.386 e. The van der Waals surface area contributed by atoms with Gasteiger partial charge in [0.1, 0.15) is 23.5 Å². The highest BCUT2D eigenvalue weighted by atomic mass is 32.2. The molecule has 0 spiro atoms. The maximum atomic E-state index is 12.0. The quantitative estimate of drug-likeness (QED) is 0.735. The summed E-state index contributed by atoms with van der Waals surface area (Å²) in [5.41, 5.74) is 1.09. The maximum absolute atomic E-state index is 12.0. The SMILES string of the molecule is O=[SH](=O)Cc1ccc(C(O)CF)cc1. The molecule has 78 valence electrons. The summed E-state index contributed by atoms with van der Waals surface area (Å²) in [6, 6.07) is 6.19. The number of hydrogen-bond donors (Lipinski definition) is 2. The van der Waals surface area contributed by atoms with Crippen LogP contribution in [0.4, 0.5) is 4.39 Å². The Morgan fingerprint density at radius 1 is 1.29 bits per heavy atom. The van der Waals surface area contributed by atoms with E-state index in [4.69, 9.17) is 5.11 Å². The van der Waals surface area contributed by atoms with E-state index in [-0.39, 0.29) is 5.75 Å². The molecule has 1 unspecified atom stereocenters. The summed E-state index contributed by atoms with van der Waals surface area (Å²) < 4.78 is 32.8. The number of hydrogen-bond acceptors (Lipinski definition) is 3. The van der Waals surface area contributed by atoms with E-state index in [1.54, 1.807) is 12.1 Å². The van der Waals surface area contributed by atoms with Gasteiger partial charge in [-0.1, -0.05) is 24.3 Å². The summed E-state index contributed by atoms with van der Waals surface area (Å²) in [6.07, 6.45) is -1.12. The van der Waals surface area contributed by atoms with Crippen LogP contribution in [0.3, 0.4) is 0 Å². The molecule has 1 atom stereocenters. The number of aliphatic hydroxyl groups excluding tert-OH is 1. The Hall–Kier alpha value is -0.940. The summed E-state index contributed by atoms with van der Waals surface area (Å²) >= 11 is 0. The normalized spacial score (nSPS) is 13.1. The van der Waals surface area contributed by atoms with Gasteiger partial charge in [0.05, 0.1) is 5.75 Å². The summed E-state index contributed by atoms with van der Waals surface area (Å²) in [5, 5.41) is 9.11. The molecule has 0 heterocycles. The first-order chi connectivity index (χ1) is 6.63. The molecule has 0 radical (unpaired) electrons. The predicted octanol–water partition coefficient (Wildman–Crippen LogP) is 0.801. The Kier molecular flexibility index (Phi) is 4.03. The molecule has 1 aromatic rings. The molecular weight excluding hydrogens is 207 g/mol. The molecule has 0 fully saturated rings. The smallest absolute Gasteiger partial charge is 0.144 e. The standard InChI is InChI=1S/C9H11FO3S/c10-5-9(11)8-3-1-7(2-4-8)6-14(12)13/h1-4,9,11,14H,5-6H2. The van der Waals surface area contributed by atoms with Crippen LogP contribution in [0.1, 0.15) is 17.2 Å². The van der Waals surface area contributed by atoms with Gasteiger partial charge in [-0.3, -0.25) is 0 Å². The number of aliphatic hydroxyl groups is 1. The molecule has 3 nitrogen and oxygen atoms in total. The van der Waals surface area contributed by atoms with Crippen molar-refractivity contribution in [1.29, 1.82) is 0 Å². The molecule has 0 saturated carbocycles. The number of halogens is 1. The predicted molar refractivity (Wildman–Crippen MR) is 51.4 cm³/mol. The van der Waals surface area contributed by atoms with Crippen molar-refractivity contribution in [1.82, 2.24) is 0 Å². The largest absolute Gasteiger partial charge is 0.386 e. The van der Waals surface area contributed by atoms with Crippen molar-refractivity contribution < 1.29 is 17.9 Å². The number of rotatable bonds is 4. The van der Waals surface area contributed by atoms with E-state index in [1.165, 1.54) is 12.1 Å². The minimum atomic E-state index is -2.44. The van der Waals surface area contributed by atoms with Crippen LogP contribution in [0, 0.1) is 0 Å². The van der Waals surface area contributed by atoms with Crippen LogP contribution in [-0.2, 0) is 16.5 Å². The highest BCUT2D eigenvalue weighted by Crippen LogP contribution is 2.14. The van der Waals surface area contributed by atoms with Crippen molar-refractivity contribution in [3.8, 4) is 0 Å². The lowest BCUT2D eigenvalue weighted by molar-refractivity contribution is 0.142. The van der Waals surface area contributed by atoms with Gasteiger partial charge < -0.3 is 5.11 Å². The fraction of sp³-hybridized carbons (Fsp3) is 0.333. The molecule has 0 amide bonds. The highest BCUT2D eigenvalue weighted by molar-refractivity contribution is 7.71. The third-order valence-electron chi connectivity index (χ3n) is 1.82. The van der Waals surface area contributed by atoms with Gasteiger partial charge in [-0.25, -0.2) is 12.8 Å². The molecule has 0 aliphatic heterocycles. The lowest BCUT2D eigenvalue weighted by Crippen LogP contribution is -1.99. The van der Waals surface area contributed by atoms with E-state index >= 15 is 0 Å². The van der Waals surface area contributed by atoms with Gasteiger partial charge in [0.25, 0.3) is 0 Å². The van der Waals surface area contributed by atoms with Crippen molar-refractivity contribution >= 4 is 10.7 Å². The molecule has 5 heteroatoms. The molecule has 1 N–H and O–H groups in total. The second kappa shape index (κ2) is 5.07. The third-order valence-corrected chi connectivity index (χ3v) is 2.45. The van der Waals surface area contributed by atoms with Gasteiger partial charge in [-0.2, -0.15) is 0 Å². The molecule has 0 aliphatic carbocycles. The molecule has 1 rings (SSSR count). The summed E-state index contributed by atoms with van der Waals surface area (Å²) in [4.78, 5) is 0. The fourth-order valence-corrected chi connectivity index (χ4v) is 1.59. The van der Waals surface area contributed by atoms with Gasteiger partial charge in [0.2, 0.25) is 0 Å². The van der Waals surface area contributed by atoms with Crippen LogP contribution < -0.4 is 0 Å². The van der Waals surface area contributed by atoms with Crippen molar-refractivity contribution in [2.75, 3.05) is 6.67 Å². The highest BCUT2D eigenvalue weighted by Gasteiger charge is 2.05. The lowest BCUT2D eigenvalue weighted by atomic mass is 10.1. The van der Waals surface area contributed by atoms with Crippen LogP contribution in [0.5, 0.6) is 0 Å². The molecule has 0 aromatic heterocycles. The van der Waals surface area contributed by atoms with Gasteiger partial charge in [-0.05, 0) is 11.1 Å². The number of benzene rings is 1. The summed E-state index contributed by atoms with van der Waals surface area (Å²) in [7, 11) is -2.44. The van der Waals surface area contributed by atoms with E-state index in [9.17, 15) is 12.8 Å². The Morgan fingerprint density at radius 2 is 1.86 bits per heavy atom. The van der Waals surface area contributed by atoms with Gasteiger partial charge in [0.15, 0.2) is 0 Å². The Labute approximate surface area is 83.1 Å². The van der Waals surface area contributed by atoms with E-state index < -0.39 is 23.5 Å². The zero-order chi connectivity index (χ0) is 10.6. The monoisotopic (exact) mass is 218 g/mol. The minimum absolute atomic E-state index is 0.0265. The van der Waals surface area contributed by atoms with E-state index in [0.717, 1.165) is 0 Å². The first-order valence-electron chi connectivity index (χ1n) is 4.08. The molecular formula is C9H11FO3S. The second-order valence-corrected chi connectivity index (χ2v) is 3.88. The maximum Gasteiger partial charge on any atom is 0.144 e. The molecule has 1 aromatic carbocycles. The first-order valence-corrected chi connectivity index (χ1v) is 5.44. The zero-order valence-corrected chi connectivity index (χ0v) is 8.28. The van der Waals surface area contributed by atoms with Crippen molar-refractivity contribution in [3.05, 3.63) is 35.4 Å². The Morgan fingerprint density at radius 3 is 2.29 bits per heavy atom. The second-order valence-electron chi connectivity index (χ2n) is 2.90. The van der Waals surface area contributed by atoms with Crippen molar-refractivity contribution in [2.24, 2.45) is 0 Å². The number of alkyl halides is 1. The van der Waals surface area contributed by atoms with E-state index in [1.807, 2.05) is 0 Å². The van der Waals surface area contributed by atoms with Crippen LogP contribution >= 0.6 is 0 Å². The van der Waals surface area contributed by atoms with E-state index in [2.05, 4.69) is 0 Å². The lowest BCUT2D eigenvalue weighted by Gasteiger charge is -2.06. The van der Waals surface area contributed by atoms with Crippen LogP contribution in [0.15, 0.2) is 24.3 Å². The molecule has 0 saturated heterocycles. The van der Waals surface area contributed by atoms with Crippen LogP contribution in [-0.4, -0.2) is 20.2 Å². The number of thiol groups is 1. The van der Waals surface area contributed by atoms with Gasteiger partial charge >= 0.3 is 0 Å². The average Bonchev–Trinajstić information content (AvgIpc) is 2.17. The van der Waals surface area contributed by atoms with Crippen molar-refractivity contribution in [2.45, 2.75) is 11.9 Å². The summed E-state index contributed by atoms with van der Waals surface area (Å²) in [6.45, 7) is -0.838. The van der Waals surface area contributed by atoms with Crippen molar-refractivity contribution in [3.63, 3.8) is 0 Å². The van der Waals surface area contributed by atoms with Crippen LogP contribution in [0.25, 0.3) is 0 Å². The topological polar surface area (TPSA) is 54.4 Å². The van der Waals surface area contributed by atoms with Gasteiger partial charge in [-0.15, -0.1) is 0 Å². The molecule has 14 heavy (non-hydrogen) atoms. The first kappa shape index (κ1) is 11.1.